The standard InChI is InChI=1S/C34H32O8/c35-27-28(36)30(40-22-24-15-7-2-8-16-24)32(42-34(38)26-19-11-4-12-20-26)31(41-33(37)25-17-9-3-10-18-25)29(27)39-21-23-13-5-1-6-14-23/h1-20,27-32,35-36H,21-22H2/t27-,28+,29-,30-,31+,32-/m1/s1. The van der Waals surface area contributed by atoms with Crippen molar-refractivity contribution in [2.24, 2.45) is 0 Å². The predicted molar refractivity (Wildman–Crippen MR) is 153 cm³/mol. The van der Waals surface area contributed by atoms with Crippen LogP contribution < -0.4 is 0 Å². The van der Waals surface area contributed by atoms with Crippen LogP contribution in [0.3, 0.4) is 0 Å². The van der Waals surface area contributed by atoms with Crippen molar-refractivity contribution in [3.05, 3.63) is 144 Å². The third-order valence-electron chi connectivity index (χ3n) is 7.07. The van der Waals surface area contributed by atoms with Gasteiger partial charge in [-0.2, -0.15) is 0 Å². The number of carbonyl (C=O) groups is 2. The van der Waals surface area contributed by atoms with Crippen LogP contribution in [-0.2, 0) is 32.2 Å². The Labute approximate surface area is 244 Å². The molecule has 5 rings (SSSR count). The molecule has 0 amide bonds. The highest BCUT2D eigenvalue weighted by molar-refractivity contribution is 5.90. The summed E-state index contributed by atoms with van der Waals surface area (Å²) in [6.45, 7) is 0.0904. The van der Waals surface area contributed by atoms with Gasteiger partial charge in [0.1, 0.15) is 24.4 Å². The minimum Gasteiger partial charge on any atom is -0.452 e. The zero-order chi connectivity index (χ0) is 29.3. The Morgan fingerprint density at radius 3 is 1.12 bits per heavy atom. The highest BCUT2D eigenvalue weighted by Gasteiger charge is 2.55. The van der Waals surface area contributed by atoms with Gasteiger partial charge in [0.05, 0.1) is 24.3 Å². The van der Waals surface area contributed by atoms with Gasteiger partial charge < -0.3 is 29.2 Å². The van der Waals surface area contributed by atoms with Gasteiger partial charge in [0.15, 0.2) is 12.2 Å². The first-order valence-corrected chi connectivity index (χ1v) is 13.7. The van der Waals surface area contributed by atoms with Gasteiger partial charge in [0.2, 0.25) is 0 Å². The normalized spacial score (nSPS) is 23.6. The van der Waals surface area contributed by atoms with Gasteiger partial charge in [-0.25, -0.2) is 9.59 Å². The van der Waals surface area contributed by atoms with Crippen LogP contribution in [0.15, 0.2) is 121 Å². The van der Waals surface area contributed by atoms with Crippen LogP contribution in [0.4, 0.5) is 0 Å². The van der Waals surface area contributed by atoms with Crippen molar-refractivity contribution in [3.8, 4) is 0 Å². The lowest BCUT2D eigenvalue weighted by Crippen LogP contribution is -2.66. The summed E-state index contributed by atoms with van der Waals surface area (Å²) in [5, 5.41) is 22.6. The number of hydrogen-bond acceptors (Lipinski definition) is 8. The van der Waals surface area contributed by atoms with Crippen LogP contribution in [-0.4, -0.2) is 58.8 Å². The van der Waals surface area contributed by atoms with Crippen molar-refractivity contribution in [1.82, 2.24) is 0 Å². The van der Waals surface area contributed by atoms with Crippen LogP contribution >= 0.6 is 0 Å². The lowest BCUT2D eigenvalue weighted by molar-refractivity contribution is -0.249. The molecular formula is C34H32O8. The minimum atomic E-state index is -1.53. The molecule has 0 radical (unpaired) electrons. The van der Waals surface area contributed by atoms with E-state index in [9.17, 15) is 19.8 Å². The van der Waals surface area contributed by atoms with Crippen molar-refractivity contribution in [3.63, 3.8) is 0 Å². The van der Waals surface area contributed by atoms with Gasteiger partial charge in [-0.15, -0.1) is 0 Å². The third kappa shape index (κ3) is 7.10. The summed E-state index contributed by atoms with van der Waals surface area (Å²) in [6, 6.07) is 35.1. The van der Waals surface area contributed by atoms with Gasteiger partial charge in [0, 0.05) is 0 Å². The molecule has 8 heteroatoms. The summed E-state index contributed by atoms with van der Waals surface area (Å²) >= 11 is 0. The van der Waals surface area contributed by atoms with E-state index in [2.05, 4.69) is 0 Å². The molecule has 0 heterocycles. The van der Waals surface area contributed by atoms with Crippen molar-refractivity contribution in [2.75, 3.05) is 0 Å². The molecule has 0 aliphatic heterocycles. The average molecular weight is 569 g/mol. The van der Waals surface area contributed by atoms with E-state index in [-0.39, 0.29) is 24.3 Å². The fourth-order valence-corrected chi connectivity index (χ4v) is 4.87. The van der Waals surface area contributed by atoms with E-state index in [0.29, 0.717) is 0 Å². The molecule has 1 aliphatic rings. The summed E-state index contributed by atoms with van der Waals surface area (Å²) in [5.41, 5.74) is 2.12. The van der Waals surface area contributed by atoms with Crippen molar-refractivity contribution in [1.29, 1.82) is 0 Å². The van der Waals surface area contributed by atoms with Crippen LogP contribution in [0.25, 0.3) is 0 Å². The van der Waals surface area contributed by atoms with Crippen molar-refractivity contribution < 1.29 is 38.7 Å². The monoisotopic (exact) mass is 568 g/mol. The third-order valence-corrected chi connectivity index (χ3v) is 7.07. The van der Waals surface area contributed by atoms with Crippen LogP contribution in [0.2, 0.25) is 0 Å². The second kappa shape index (κ2) is 14.0. The maximum Gasteiger partial charge on any atom is 0.338 e. The SMILES string of the molecule is O=C(O[C@@H]1[C@H](OC(=O)c2ccccc2)[C@H](OCc2ccccc2)[C@@H](O)[C@@H](O)[C@H]1OCc1ccccc1)c1ccccc1. The van der Waals surface area contributed by atoms with Gasteiger partial charge >= 0.3 is 11.9 Å². The molecule has 1 saturated carbocycles. The van der Waals surface area contributed by atoms with Gasteiger partial charge in [-0.3, -0.25) is 0 Å². The molecule has 0 unspecified atom stereocenters. The number of ether oxygens (including phenoxy) is 4. The first-order valence-electron chi connectivity index (χ1n) is 13.7. The minimum absolute atomic E-state index is 0.0452. The summed E-state index contributed by atoms with van der Waals surface area (Å²) in [6.07, 6.45) is -8.22. The molecule has 8 nitrogen and oxygen atoms in total. The number of aliphatic hydroxyl groups is 2. The number of carbonyl (C=O) groups excluding carboxylic acids is 2. The van der Waals surface area contributed by atoms with E-state index >= 15 is 0 Å². The fraction of sp³-hybridized carbons (Fsp3) is 0.235. The molecule has 0 aromatic heterocycles. The Bertz CT molecular complexity index is 1300. The number of esters is 2. The Balaban J connectivity index is 1.49. The second-order valence-electron chi connectivity index (χ2n) is 9.98. The summed E-state index contributed by atoms with van der Waals surface area (Å²) in [7, 11) is 0. The zero-order valence-corrected chi connectivity index (χ0v) is 22.8. The molecule has 1 fully saturated rings. The zero-order valence-electron chi connectivity index (χ0n) is 22.8. The Hall–Kier alpha value is -4.34. The highest BCUT2D eigenvalue weighted by Crippen LogP contribution is 2.33. The number of rotatable bonds is 10. The predicted octanol–water partition coefficient (Wildman–Crippen LogP) is 4.34. The van der Waals surface area contributed by atoms with Gasteiger partial charge in [0.25, 0.3) is 0 Å². The topological polar surface area (TPSA) is 112 Å². The molecule has 0 bridgehead atoms. The van der Waals surface area contributed by atoms with E-state index in [1.165, 1.54) is 0 Å². The largest absolute Gasteiger partial charge is 0.452 e. The lowest BCUT2D eigenvalue weighted by atomic mass is 9.84. The van der Waals surface area contributed by atoms with Gasteiger partial charge in [-0.05, 0) is 35.4 Å². The van der Waals surface area contributed by atoms with E-state index < -0.39 is 48.6 Å². The molecule has 1 aliphatic carbocycles. The summed E-state index contributed by atoms with van der Waals surface area (Å²) in [4.78, 5) is 26.6. The van der Waals surface area contributed by atoms with Crippen LogP contribution in [0.5, 0.6) is 0 Å². The van der Waals surface area contributed by atoms with E-state index in [1.54, 1.807) is 60.7 Å². The Morgan fingerprint density at radius 2 is 0.786 bits per heavy atom. The molecule has 42 heavy (non-hydrogen) atoms. The van der Waals surface area contributed by atoms with Gasteiger partial charge in [-0.1, -0.05) is 97.1 Å². The maximum atomic E-state index is 13.3. The smallest absolute Gasteiger partial charge is 0.338 e. The molecule has 216 valence electrons. The van der Waals surface area contributed by atoms with E-state index in [4.69, 9.17) is 18.9 Å². The highest BCUT2D eigenvalue weighted by atomic mass is 16.6. The van der Waals surface area contributed by atoms with E-state index in [0.717, 1.165) is 11.1 Å². The first kappa shape index (κ1) is 29.2. The van der Waals surface area contributed by atoms with Crippen LogP contribution in [0, 0.1) is 0 Å². The average Bonchev–Trinajstić information content (AvgIpc) is 3.04. The quantitative estimate of drug-likeness (QED) is 0.272. The van der Waals surface area contributed by atoms with Crippen molar-refractivity contribution in [2.45, 2.75) is 49.8 Å². The van der Waals surface area contributed by atoms with Crippen LogP contribution in [0.1, 0.15) is 31.8 Å². The molecule has 2 N–H and O–H groups in total. The van der Waals surface area contributed by atoms with Crippen molar-refractivity contribution >= 4 is 11.9 Å². The number of aliphatic hydroxyl groups excluding tert-OH is 2. The number of benzene rings is 4. The number of hydrogen-bond donors (Lipinski definition) is 2. The second-order valence-corrected chi connectivity index (χ2v) is 9.98. The first-order chi connectivity index (χ1) is 20.5. The maximum absolute atomic E-state index is 13.3. The lowest BCUT2D eigenvalue weighted by Gasteiger charge is -2.46. The Kier molecular flexibility index (Phi) is 9.74. The molecular weight excluding hydrogens is 536 g/mol. The Morgan fingerprint density at radius 1 is 0.476 bits per heavy atom. The molecule has 4 aromatic carbocycles. The molecule has 4 aromatic rings. The molecule has 0 saturated heterocycles. The summed E-state index contributed by atoms with van der Waals surface area (Å²) in [5.74, 6) is -1.42. The van der Waals surface area contributed by atoms with E-state index in [1.807, 2.05) is 60.7 Å². The molecule has 0 spiro atoms. The summed E-state index contributed by atoms with van der Waals surface area (Å²) < 4.78 is 24.1. The fourth-order valence-electron chi connectivity index (χ4n) is 4.87. The molecule has 6 atom stereocenters.